The first kappa shape index (κ1) is 54.5. The Morgan fingerprint density at radius 3 is 1.75 bits per heavy atom. The number of benzene rings is 1. The molecule has 0 fully saturated rings. The first-order valence-electron chi connectivity index (χ1n) is 18.4. The minimum atomic E-state index is -4.20. The number of rotatable bonds is 17. The second-order valence-electron chi connectivity index (χ2n) is 13.1. The van der Waals surface area contributed by atoms with Crippen molar-refractivity contribution < 1.29 is 48.4 Å². The fourth-order valence-corrected chi connectivity index (χ4v) is 8.66. The lowest BCUT2D eigenvalue weighted by molar-refractivity contribution is -0.139. The molecule has 1 aromatic carbocycles. The normalized spacial score (nSPS) is 12.4. The molecule has 0 aliphatic carbocycles. The standard InChI is InChI=1S/C26H34FNO5.C10H20N2S4.C2H6NO4P/c1-15(2)25-21(11-10-19(29)12-20(30)13-23(31)32)24(17-6-8-18(27)9-7-17)22(14-33-5)26(28-25)16(3)4;1-5-11(6-2)9(13)15-16-10(14)12(7-3)8-4;3-2(4)1-8(5,6)7/h6-11,15-16,19-20,29-30H,12-14H2,1-5H3,(H,31,32);5-8H2,1-4H3;1H2,(H2,3,4)(H2,5,6,7)/b11-10+;;/t19-,20-;;/m1../s1. The Bertz CT molecular complexity index is 1630. The van der Waals surface area contributed by atoms with Crippen LogP contribution < -0.4 is 5.73 Å². The molecule has 1 amide bonds. The first-order valence-corrected chi connectivity index (χ1v) is 23.2. The number of aliphatic carboxylic acids is 1. The molecule has 322 valence electrons. The molecular weight excluding hydrogens is 835 g/mol. The van der Waals surface area contributed by atoms with Crippen LogP contribution in [0.1, 0.15) is 103 Å². The molecule has 1 aromatic heterocycles. The van der Waals surface area contributed by atoms with Crippen LogP contribution in [-0.4, -0.2) is 112 Å². The van der Waals surface area contributed by atoms with Crippen molar-refractivity contribution >= 4 is 80.2 Å². The van der Waals surface area contributed by atoms with Crippen molar-refractivity contribution in [3.63, 3.8) is 0 Å². The number of carboxylic acids is 1. The molecule has 0 saturated carbocycles. The lowest BCUT2D eigenvalue weighted by Gasteiger charge is -2.23. The molecular formula is C38H60FN4O9PS4. The van der Waals surface area contributed by atoms with Gasteiger partial charge >= 0.3 is 13.6 Å². The van der Waals surface area contributed by atoms with Gasteiger partial charge in [0.25, 0.3) is 0 Å². The number of methoxy groups -OCH3 is 1. The van der Waals surface area contributed by atoms with Crippen LogP contribution in [0.5, 0.6) is 0 Å². The lowest BCUT2D eigenvalue weighted by atomic mass is 9.87. The third-order valence-corrected chi connectivity index (χ3v) is 12.4. The van der Waals surface area contributed by atoms with Gasteiger partial charge in [-0.25, -0.2) is 4.39 Å². The van der Waals surface area contributed by atoms with E-state index in [9.17, 15) is 28.8 Å². The van der Waals surface area contributed by atoms with Gasteiger partial charge in [-0.2, -0.15) is 0 Å². The van der Waals surface area contributed by atoms with Gasteiger partial charge in [0.05, 0.1) is 30.9 Å². The van der Waals surface area contributed by atoms with Gasteiger partial charge in [-0.1, -0.05) is 76.4 Å². The summed E-state index contributed by atoms with van der Waals surface area (Å²) in [5, 5.41) is 29.1. The maximum atomic E-state index is 13.7. The molecule has 0 unspecified atom stereocenters. The summed E-state index contributed by atoms with van der Waals surface area (Å²) in [4.78, 5) is 45.8. The second-order valence-corrected chi connectivity index (χ2v) is 18.2. The number of aliphatic hydroxyl groups is 2. The van der Waals surface area contributed by atoms with Crippen LogP contribution in [0.2, 0.25) is 0 Å². The van der Waals surface area contributed by atoms with Crippen molar-refractivity contribution in [1.29, 1.82) is 0 Å². The fourth-order valence-electron chi connectivity index (χ4n) is 5.19. The number of halogens is 1. The number of primary amides is 1. The summed E-state index contributed by atoms with van der Waals surface area (Å²) in [6.45, 7) is 20.8. The SMILES string of the molecule is CCN(CC)C(=S)SSC(=S)N(CC)CC.COCc1c(C(C)C)nc(C(C)C)c(/C=C/[C@@H](O)C[C@@H](O)CC(=O)O)c1-c1ccc(F)cc1.NC(=O)CP(=O)(O)O. The summed E-state index contributed by atoms with van der Waals surface area (Å²) < 4.78 is 30.9. The van der Waals surface area contributed by atoms with Crippen LogP contribution in [0.25, 0.3) is 17.2 Å². The molecule has 2 atom stereocenters. The smallest absolute Gasteiger partial charge is 0.334 e. The Hall–Kier alpha value is -2.51. The second kappa shape index (κ2) is 28.0. The summed E-state index contributed by atoms with van der Waals surface area (Å²) in [5.74, 6) is -2.26. The predicted molar refractivity (Wildman–Crippen MR) is 239 cm³/mol. The van der Waals surface area contributed by atoms with E-state index >= 15 is 0 Å². The number of carbonyl (C=O) groups excluding carboxylic acids is 1. The molecule has 0 saturated heterocycles. The Morgan fingerprint density at radius 2 is 1.40 bits per heavy atom. The number of hydrogen-bond donors (Lipinski definition) is 6. The van der Waals surface area contributed by atoms with Gasteiger partial charge in [-0.3, -0.25) is 19.1 Å². The van der Waals surface area contributed by atoms with Crippen molar-refractivity contribution in [1.82, 2.24) is 14.8 Å². The van der Waals surface area contributed by atoms with Gasteiger partial charge in [0.2, 0.25) is 5.91 Å². The number of ether oxygens (including phenoxy) is 1. The molecule has 0 aliphatic heterocycles. The van der Waals surface area contributed by atoms with Crippen molar-refractivity contribution in [2.75, 3.05) is 39.5 Å². The van der Waals surface area contributed by atoms with Gasteiger partial charge in [0.15, 0.2) is 0 Å². The minimum Gasteiger partial charge on any atom is -0.481 e. The number of hydrogen-bond acceptors (Lipinski definition) is 11. The van der Waals surface area contributed by atoms with Crippen molar-refractivity contribution in [3.05, 3.63) is 58.7 Å². The number of carboxylic acid groups (broad SMARTS) is 1. The molecule has 7 N–H and O–H groups in total. The number of nitrogens with zero attached hydrogens (tertiary/aromatic N) is 3. The largest absolute Gasteiger partial charge is 0.481 e. The highest BCUT2D eigenvalue weighted by molar-refractivity contribution is 8.89. The summed E-state index contributed by atoms with van der Waals surface area (Å²) in [5.41, 5.74) is 9.50. The fraction of sp³-hybridized carbons (Fsp3) is 0.553. The van der Waals surface area contributed by atoms with E-state index in [4.69, 9.17) is 49.0 Å². The van der Waals surface area contributed by atoms with E-state index in [1.54, 1.807) is 46.9 Å². The van der Waals surface area contributed by atoms with Crippen molar-refractivity contribution in [2.24, 2.45) is 5.73 Å². The van der Waals surface area contributed by atoms with Crippen LogP contribution in [0.3, 0.4) is 0 Å². The molecule has 57 heavy (non-hydrogen) atoms. The molecule has 0 bridgehead atoms. The van der Waals surface area contributed by atoms with E-state index in [0.717, 1.165) is 68.5 Å². The Labute approximate surface area is 355 Å². The Kier molecular flexibility index (Phi) is 26.8. The minimum absolute atomic E-state index is 0.0627. The molecule has 13 nitrogen and oxygen atoms in total. The number of thiocarbonyl (C=S) groups is 2. The average molecular weight is 895 g/mol. The van der Waals surface area contributed by atoms with Gasteiger partial charge in [-0.15, -0.1) is 0 Å². The number of pyridine rings is 1. The monoisotopic (exact) mass is 894 g/mol. The van der Waals surface area contributed by atoms with E-state index < -0.39 is 44.3 Å². The molecule has 2 rings (SSSR count). The summed E-state index contributed by atoms with van der Waals surface area (Å²) in [6, 6.07) is 6.23. The Morgan fingerprint density at radius 1 is 0.930 bits per heavy atom. The van der Waals surface area contributed by atoms with Crippen molar-refractivity contribution in [2.45, 2.75) is 98.9 Å². The number of aliphatic hydroxyl groups excluding tert-OH is 2. The van der Waals surface area contributed by atoms with E-state index in [1.807, 2.05) is 13.8 Å². The number of amides is 1. The van der Waals surface area contributed by atoms with Gasteiger partial charge < -0.3 is 45.4 Å². The number of nitrogens with two attached hydrogens (primary N) is 1. The topological polar surface area (TPSA) is 207 Å². The first-order chi connectivity index (χ1) is 26.6. The van der Waals surface area contributed by atoms with Crippen LogP contribution in [0.15, 0.2) is 30.3 Å². The quantitative estimate of drug-likeness (QED) is 0.0530. The van der Waals surface area contributed by atoms with E-state index in [0.29, 0.717) is 6.61 Å². The zero-order valence-corrected chi connectivity index (χ0v) is 38.3. The van der Waals surface area contributed by atoms with Crippen molar-refractivity contribution in [3.8, 4) is 11.1 Å². The number of aromatic nitrogens is 1. The average Bonchev–Trinajstić information content (AvgIpc) is 3.10. The van der Waals surface area contributed by atoms with Crippen LogP contribution >= 0.6 is 53.6 Å². The third kappa shape index (κ3) is 21.4. The molecule has 0 radical (unpaired) electrons. The van der Waals surface area contributed by atoms with E-state index in [1.165, 1.54) is 18.2 Å². The maximum absolute atomic E-state index is 13.7. The highest BCUT2D eigenvalue weighted by Gasteiger charge is 2.23. The van der Waals surface area contributed by atoms with Gasteiger partial charge in [0.1, 0.15) is 20.6 Å². The van der Waals surface area contributed by atoms with E-state index in [-0.39, 0.29) is 24.1 Å². The van der Waals surface area contributed by atoms with Crippen LogP contribution in [0, 0.1) is 5.82 Å². The third-order valence-electron chi connectivity index (χ3n) is 7.91. The number of carbonyl (C=O) groups is 2. The zero-order valence-electron chi connectivity index (χ0n) is 34.2. The maximum Gasteiger partial charge on any atom is 0.334 e. The molecule has 0 spiro atoms. The highest BCUT2D eigenvalue weighted by atomic mass is 33.1. The molecule has 1 heterocycles. The lowest BCUT2D eigenvalue weighted by Crippen LogP contribution is -2.28. The highest BCUT2D eigenvalue weighted by Crippen LogP contribution is 2.38. The summed E-state index contributed by atoms with van der Waals surface area (Å²) >= 11 is 10.7. The molecule has 0 aliphatic rings. The van der Waals surface area contributed by atoms with E-state index in [2.05, 4.69) is 57.1 Å². The van der Waals surface area contributed by atoms with Gasteiger partial charge in [0, 0.05) is 56.5 Å². The van der Waals surface area contributed by atoms with Crippen LogP contribution in [0.4, 0.5) is 4.39 Å². The predicted octanol–water partition coefficient (Wildman–Crippen LogP) is 7.15. The summed E-state index contributed by atoms with van der Waals surface area (Å²) in [7, 11) is 0.597. The summed E-state index contributed by atoms with van der Waals surface area (Å²) in [6.07, 6.45) is -0.327. The Balaban J connectivity index is 0.00000108. The molecule has 2 aromatic rings. The van der Waals surface area contributed by atoms with Crippen LogP contribution in [-0.2, 0) is 25.5 Å². The zero-order chi connectivity index (χ0) is 44.0. The van der Waals surface area contributed by atoms with Gasteiger partial charge in [-0.05, 0) is 84.4 Å². The molecule has 19 heteroatoms.